The summed E-state index contributed by atoms with van der Waals surface area (Å²) >= 11 is 0. The Hall–Kier alpha value is -3.86. The fourth-order valence-corrected chi connectivity index (χ4v) is 7.12. The van der Waals surface area contributed by atoms with Crippen molar-refractivity contribution < 1.29 is 52.2 Å². The summed E-state index contributed by atoms with van der Waals surface area (Å²) in [6, 6.07) is 0. The highest BCUT2D eigenvalue weighted by Crippen LogP contribution is 2.43. The van der Waals surface area contributed by atoms with Crippen LogP contribution in [0.25, 0.3) is 0 Å². The average molecular weight is 971 g/mol. The van der Waals surface area contributed by atoms with E-state index in [2.05, 4.69) is 130 Å². The van der Waals surface area contributed by atoms with Crippen molar-refractivity contribution in [1.82, 2.24) is 0 Å². The van der Waals surface area contributed by atoms with Crippen molar-refractivity contribution in [2.24, 2.45) is 0 Å². The van der Waals surface area contributed by atoms with Gasteiger partial charge in [-0.2, -0.15) is 0 Å². The summed E-state index contributed by atoms with van der Waals surface area (Å²) in [5.41, 5.74) is 0. The van der Waals surface area contributed by atoms with E-state index in [4.69, 9.17) is 23.3 Å². The molecular weight excluding hydrogens is 880 g/mol. The molecule has 0 aromatic carbocycles. The van der Waals surface area contributed by atoms with E-state index in [1.54, 1.807) is 0 Å². The Morgan fingerprint density at radius 1 is 0.412 bits per heavy atom. The highest BCUT2D eigenvalue weighted by Gasteiger charge is 2.28. The van der Waals surface area contributed by atoms with Gasteiger partial charge in [-0.3, -0.25) is 23.4 Å². The molecule has 3 unspecified atom stereocenters. The highest BCUT2D eigenvalue weighted by atomic mass is 31.2. The molecular formula is C56H91O11P. The number of aliphatic hydroxyl groups is 1. The van der Waals surface area contributed by atoms with Crippen LogP contribution in [0.4, 0.5) is 0 Å². The van der Waals surface area contributed by atoms with Gasteiger partial charge in [0.15, 0.2) is 6.10 Å². The standard InChI is InChI=1S/C56H91O11P/c1-4-7-10-13-16-19-22-25-26-29-32-35-38-41-44-47-56(60)67-53(49-63-54(58)45-42-39-36-33-30-27-23-20-17-14-11-8-5-2)51-65-68(61,62)64-50-52(48-57)66-55(59)46-43-40-37-34-31-28-24-21-18-15-12-9-6-3/h7-12,16-21,25-28,30-31,52-53,57H,4-6,13-15,22-24,29,32-51H2,1-3H3,(H,61,62)/b10-7-,11-8-,12-9-,19-16-,20-17-,21-18-,26-25-,30-27-,31-28-. The molecule has 0 aliphatic carbocycles. The van der Waals surface area contributed by atoms with Gasteiger partial charge in [0, 0.05) is 19.3 Å². The molecule has 0 aliphatic heterocycles. The Morgan fingerprint density at radius 2 is 0.721 bits per heavy atom. The Bertz CT molecular complexity index is 1550. The van der Waals surface area contributed by atoms with Gasteiger partial charge in [0.25, 0.3) is 0 Å². The number of rotatable bonds is 46. The summed E-state index contributed by atoms with van der Waals surface area (Å²) in [6.45, 7) is 4.18. The molecule has 0 fully saturated rings. The summed E-state index contributed by atoms with van der Waals surface area (Å²) < 4.78 is 39.3. The molecule has 2 N–H and O–H groups in total. The topological polar surface area (TPSA) is 155 Å². The molecule has 0 saturated heterocycles. The number of unbranched alkanes of at least 4 members (excludes halogenated alkanes) is 11. The maximum atomic E-state index is 12.8. The first-order valence-electron chi connectivity index (χ1n) is 25.8. The number of allylic oxidation sites excluding steroid dienone is 18. The van der Waals surface area contributed by atoms with E-state index < -0.39 is 57.8 Å². The number of hydrogen-bond donors (Lipinski definition) is 2. The van der Waals surface area contributed by atoms with Gasteiger partial charge in [-0.05, 0) is 116 Å². The molecule has 0 aliphatic rings. The van der Waals surface area contributed by atoms with Crippen LogP contribution in [0.15, 0.2) is 109 Å². The minimum atomic E-state index is -4.77. The van der Waals surface area contributed by atoms with Gasteiger partial charge in [0.05, 0.1) is 19.8 Å². The van der Waals surface area contributed by atoms with Crippen molar-refractivity contribution in [3.8, 4) is 0 Å². The van der Waals surface area contributed by atoms with Gasteiger partial charge in [-0.25, -0.2) is 4.57 Å². The summed E-state index contributed by atoms with van der Waals surface area (Å²) in [5.74, 6) is -1.57. The second-order valence-corrected chi connectivity index (χ2v) is 18.0. The number of ether oxygens (including phenoxy) is 3. The van der Waals surface area contributed by atoms with Crippen LogP contribution in [-0.2, 0) is 42.2 Å². The van der Waals surface area contributed by atoms with E-state index in [-0.39, 0.29) is 25.9 Å². The molecule has 0 aromatic rings. The molecule has 0 amide bonds. The van der Waals surface area contributed by atoms with Crippen molar-refractivity contribution in [3.63, 3.8) is 0 Å². The van der Waals surface area contributed by atoms with Crippen molar-refractivity contribution in [3.05, 3.63) is 109 Å². The predicted octanol–water partition coefficient (Wildman–Crippen LogP) is 14.7. The predicted molar refractivity (Wildman–Crippen MR) is 279 cm³/mol. The molecule has 0 radical (unpaired) electrons. The number of carbonyl (C=O) groups is 3. The second kappa shape index (κ2) is 49.6. The van der Waals surface area contributed by atoms with Gasteiger partial charge < -0.3 is 24.2 Å². The van der Waals surface area contributed by atoms with Gasteiger partial charge in [0.2, 0.25) is 0 Å². The highest BCUT2D eigenvalue weighted by molar-refractivity contribution is 7.47. The molecule has 3 atom stereocenters. The Balaban J connectivity index is 4.85. The van der Waals surface area contributed by atoms with Gasteiger partial charge in [-0.1, -0.05) is 162 Å². The minimum Gasteiger partial charge on any atom is -0.462 e. The van der Waals surface area contributed by atoms with Crippen molar-refractivity contribution >= 4 is 25.7 Å². The van der Waals surface area contributed by atoms with E-state index in [9.17, 15) is 28.9 Å². The first-order chi connectivity index (χ1) is 33.2. The van der Waals surface area contributed by atoms with Gasteiger partial charge in [-0.15, -0.1) is 0 Å². The van der Waals surface area contributed by atoms with Crippen LogP contribution in [0.1, 0.15) is 188 Å². The zero-order valence-electron chi connectivity index (χ0n) is 42.3. The lowest BCUT2D eigenvalue weighted by Gasteiger charge is -2.21. The first-order valence-corrected chi connectivity index (χ1v) is 27.3. The Morgan fingerprint density at radius 3 is 1.12 bits per heavy atom. The van der Waals surface area contributed by atoms with Crippen LogP contribution in [0, 0.1) is 0 Å². The monoisotopic (exact) mass is 971 g/mol. The molecule has 0 aromatic heterocycles. The Kier molecular flexibility index (Phi) is 46.7. The minimum absolute atomic E-state index is 0.133. The van der Waals surface area contributed by atoms with Crippen LogP contribution >= 0.6 is 7.82 Å². The summed E-state index contributed by atoms with van der Waals surface area (Å²) in [6.07, 6.45) is 57.8. The number of phosphoric acid groups is 1. The number of phosphoric ester groups is 1. The zero-order chi connectivity index (χ0) is 49.9. The van der Waals surface area contributed by atoms with Crippen LogP contribution < -0.4 is 0 Å². The molecule has 11 nitrogen and oxygen atoms in total. The van der Waals surface area contributed by atoms with Crippen LogP contribution in [-0.4, -0.2) is 66.5 Å². The fraction of sp³-hybridized carbons (Fsp3) is 0.625. The third-order valence-electron chi connectivity index (χ3n) is 10.2. The van der Waals surface area contributed by atoms with Gasteiger partial charge in [0.1, 0.15) is 12.7 Å². The maximum absolute atomic E-state index is 12.8. The molecule has 386 valence electrons. The van der Waals surface area contributed by atoms with E-state index in [0.717, 1.165) is 128 Å². The average Bonchev–Trinajstić information content (AvgIpc) is 3.32. The second-order valence-electron chi connectivity index (χ2n) is 16.5. The molecule has 0 saturated carbocycles. The van der Waals surface area contributed by atoms with Crippen molar-refractivity contribution in [1.29, 1.82) is 0 Å². The van der Waals surface area contributed by atoms with Crippen molar-refractivity contribution in [2.45, 2.75) is 200 Å². The SMILES string of the molecule is CC/C=C\C/C=C\C/C=C\CCCCCCCC(=O)OC(COC(=O)CCCCC/C=C\C/C=C\C/C=C\CC)COP(=O)(O)OCC(CO)OC(=O)CCCCC/C=C\C/C=C\C/C=C\CC. The fourth-order valence-electron chi connectivity index (χ4n) is 6.34. The third-order valence-corrected chi connectivity index (χ3v) is 11.1. The maximum Gasteiger partial charge on any atom is 0.472 e. The first kappa shape index (κ1) is 64.1. The normalized spacial score (nSPS) is 14.4. The number of aliphatic hydroxyl groups excluding tert-OH is 1. The molecule has 0 rings (SSSR count). The molecule has 12 heteroatoms. The lowest BCUT2D eigenvalue weighted by Crippen LogP contribution is -2.30. The van der Waals surface area contributed by atoms with Crippen molar-refractivity contribution in [2.75, 3.05) is 26.4 Å². The van der Waals surface area contributed by atoms with Gasteiger partial charge >= 0.3 is 25.7 Å². The molecule has 0 bridgehead atoms. The Labute approximate surface area is 412 Å². The van der Waals surface area contributed by atoms with E-state index >= 15 is 0 Å². The van der Waals surface area contributed by atoms with E-state index in [0.29, 0.717) is 19.3 Å². The number of carbonyl (C=O) groups excluding carboxylic acids is 3. The van der Waals surface area contributed by atoms with E-state index in [1.807, 2.05) is 0 Å². The lowest BCUT2D eigenvalue weighted by atomic mass is 10.1. The largest absolute Gasteiger partial charge is 0.472 e. The smallest absolute Gasteiger partial charge is 0.462 e. The molecule has 68 heavy (non-hydrogen) atoms. The zero-order valence-corrected chi connectivity index (χ0v) is 43.2. The number of hydrogen-bond acceptors (Lipinski definition) is 10. The quantitative estimate of drug-likeness (QED) is 0.0197. The van der Waals surface area contributed by atoms with E-state index in [1.165, 1.54) is 0 Å². The summed E-state index contributed by atoms with van der Waals surface area (Å²) in [4.78, 5) is 48.3. The summed E-state index contributed by atoms with van der Waals surface area (Å²) in [7, 11) is -4.77. The molecule has 0 heterocycles. The molecule has 0 spiro atoms. The van der Waals surface area contributed by atoms with Crippen LogP contribution in [0.5, 0.6) is 0 Å². The van der Waals surface area contributed by atoms with Crippen LogP contribution in [0.3, 0.4) is 0 Å². The number of esters is 3. The third kappa shape index (κ3) is 47.2. The lowest BCUT2D eigenvalue weighted by molar-refractivity contribution is -0.161. The van der Waals surface area contributed by atoms with Crippen LogP contribution in [0.2, 0.25) is 0 Å². The summed E-state index contributed by atoms with van der Waals surface area (Å²) in [5, 5.41) is 9.77.